The third kappa shape index (κ3) is 3.33. The van der Waals surface area contributed by atoms with Crippen LogP contribution in [0.4, 0.5) is 0 Å². The number of aryl methyl sites for hydroxylation is 2. The van der Waals surface area contributed by atoms with Gasteiger partial charge in [-0.1, -0.05) is 17.7 Å². The summed E-state index contributed by atoms with van der Waals surface area (Å²) >= 11 is 0. The SMILES string of the molecule is COc1ccc(C2=C(C)CCc3ccc(C(=O)N=C(N)N)cc32)c(C)c1. The Kier molecular flexibility index (Phi) is 4.80. The van der Waals surface area contributed by atoms with E-state index < -0.39 is 5.91 Å². The molecule has 0 aromatic heterocycles. The van der Waals surface area contributed by atoms with Crippen molar-refractivity contribution in [2.45, 2.75) is 26.7 Å². The van der Waals surface area contributed by atoms with Gasteiger partial charge in [-0.15, -0.1) is 0 Å². The Morgan fingerprint density at radius 2 is 1.81 bits per heavy atom. The number of rotatable bonds is 3. The van der Waals surface area contributed by atoms with Crippen LogP contribution in [0.2, 0.25) is 0 Å². The standard InChI is InChI=1S/C21H23N3O2/c1-12-4-5-14-6-7-15(20(25)24-21(22)23)11-18(14)19(12)17-9-8-16(26-3)10-13(17)2/h6-11H,4-5H2,1-3H3,(H4,22,23,24,25). The molecule has 1 amide bonds. The normalized spacial score (nSPS) is 13.2. The van der Waals surface area contributed by atoms with Gasteiger partial charge in [0.1, 0.15) is 5.75 Å². The first-order valence-corrected chi connectivity index (χ1v) is 8.52. The smallest absolute Gasteiger partial charge is 0.280 e. The molecule has 0 heterocycles. The first-order valence-electron chi connectivity index (χ1n) is 8.52. The summed E-state index contributed by atoms with van der Waals surface area (Å²) in [7, 11) is 1.66. The molecule has 2 aromatic carbocycles. The highest BCUT2D eigenvalue weighted by Crippen LogP contribution is 2.38. The molecule has 0 bridgehead atoms. The van der Waals surface area contributed by atoms with Gasteiger partial charge in [-0.3, -0.25) is 4.79 Å². The first-order chi connectivity index (χ1) is 12.4. The number of nitrogens with zero attached hydrogens (tertiary/aromatic N) is 1. The maximum Gasteiger partial charge on any atom is 0.280 e. The summed E-state index contributed by atoms with van der Waals surface area (Å²) in [6, 6.07) is 11.7. The number of guanidine groups is 1. The van der Waals surface area contributed by atoms with Gasteiger partial charge in [0.25, 0.3) is 5.91 Å². The van der Waals surface area contributed by atoms with Crippen molar-refractivity contribution in [1.29, 1.82) is 0 Å². The van der Waals surface area contributed by atoms with Crippen molar-refractivity contribution >= 4 is 17.4 Å². The quantitative estimate of drug-likeness (QED) is 0.658. The number of benzene rings is 2. The number of fused-ring (bicyclic) bond motifs is 1. The van der Waals surface area contributed by atoms with Crippen molar-refractivity contribution < 1.29 is 9.53 Å². The lowest BCUT2D eigenvalue weighted by Gasteiger charge is -2.24. The molecule has 0 atom stereocenters. The largest absolute Gasteiger partial charge is 0.497 e. The molecule has 0 saturated carbocycles. The Morgan fingerprint density at radius 1 is 1.04 bits per heavy atom. The van der Waals surface area contributed by atoms with Crippen molar-refractivity contribution in [1.82, 2.24) is 0 Å². The van der Waals surface area contributed by atoms with Crippen LogP contribution in [0.3, 0.4) is 0 Å². The molecule has 0 saturated heterocycles. The predicted molar refractivity (Wildman–Crippen MR) is 104 cm³/mol. The van der Waals surface area contributed by atoms with Crippen molar-refractivity contribution in [2.75, 3.05) is 7.11 Å². The summed E-state index contributed by atoms with van der Waals surface area (Å²) in [5, 5.41) is 0. The molecule has 5 heteroatoms. The van der Waals surface area contributed by atoms with Crippen LogP contribution >= 0.6 is 0 Å². The maximum absolute atomic E-state index is 12.2. The lowest BCUT2D eigenvalue weighted by atomic mass is 9.81. The molecule has 0 aliphatic heterocycles. The zero-order valence-electron chi connectivity index (χ0n) is 15.3. The predicted octanol–water partition coefficient (Wildman–Crippen LogP) is 3.19. The second kappa shape index (κ2) is 7.04. The summed E-state index contributed by atoms with van der Waals surface area (Å²) in [6.45, 7) is 4.22. The molecule has 0 unspecified atom stereocenters. The zero-order valence-corrected chi connectivity index (χ0v) is 15.3. The molecule has 3 rings (SSSR count). The van der Waals surface area contributed by atoms with Gasteiger partial charge in [0.2, 0.25) is 0 Å². The van der Waals surface area contributed by atoms with E-state index in [0.717, 1.165) is 35.3 Å². The summed E-state index contributed by atoms with van der Waals surface area (Å²) in [6.07, 6.45) is 1.95. The van der Waals surface area contributed by atoms with E-state index in [9.17, 15) is 4.79 Å². The minimum absolute atomic E-state index is 0.231. The molecule has 5 nitrogen and oxygen atoms in total. The van der Waals surface area contributed by atoms with E-state index in [1.54, 1.807) is 13.2 Å². The van der Waals surface area contributed by atoms with Gasteiger partial charge in [0, 0.05) is 5.56 Å². The van der Waals surface area contributed by atoms with Crippen molar-refractivity contribution in [3.8, 4) is 5.75 Å². The molecule has 4 N–H and O–H groups in total. The molecule has 1 aliphatic rings. The molecule has 134 valence electrons. The molecule has 0 spiro atoms. The summed E-state index contributed by atoms with van der Waals surface area (Å²) in [4.78, 5) is 15.9. The molecule has 2 aromatic rings. The van der Waals surface area contributed by atoms with E-state index in [-0.39, 0.29) is 5.96 Å². The minimum Gasteiger partial charge on any atom is -0.497 e. The fourth-order valence-corrected chi connectivity index (χ4v) is 3.44. The van der Waals surface area contributed by atoms with Crippen LogP contribution in [0.25, 0.3) is 5.57 Å². The lowest BCUT2D eigenvalue weighted by Crippen LogP contribution is -2.24. The zero-order chi connectivity index (χ0) is 18.8. The molecular formula is C21H23N3O2. The average molecular weight is 349 g/mol. The number of hydrogen-bond acceptors (Lipinski definition) is 2. The highest BCUT2D eigenvalue weighted by atomic mass is 16.5. The van der Waals surface area contributed by atoms with Crippen LogP contribution in [0.1, 0.15) is 46.0 Å². The second-order valence-corrected chi connectivity index (χ2v) is 6.55. The van der Waals surface area contributed by atoms with Gasteiger partial charge >= 0.3 is 0 Å². The number of amides is 1. The van der Waals surface area contributed by atoms with E-state index >= 15 is 0 Å². The minimum atomic E-state index is -0.429. The number of methoxy groups -OCH3 is 1. The van der Waals surface area contributed by atoms with Crippen LogP contribution in [-0.2, 0) is 6.42 Å². The Bertz CT molecular complexity index is 938. The number of carbonyl (C=O) groups is 1. The molecular weight excluding hydrogens is 326 g/mol. The van der Waals surface area contributed by atoms with Gasteiger partial charge < -0.3 is 16.2 Å². The molecule has 26 heavy (non-hydrogen) atoms. The number of hydrogen-bond donors (Lipinski definition) is 2. The molecule has 0 fully saturated rings. The fraction of sp³-hybridized carbons (Fsp3) is 0.238. The number of carbonyl (C=O) groups excluding carboxylic acids is 1. The number of ether oxygens (including phenoxy) is 1. The lowest BCUT2D eigenvalue weighted by molar-refractivity contribution is 0.100. The third-order valence-corrected chi connectivity index (χ3v) is 4.76. The van der Waals surface area contributed by atoms with Crippen LogP contribution in [0, 0.1) is 6.92 Å². The highest BCUT2D eigenvalue weighted by molar-refractivity contribution is 6.03. The third-order valence-electron chi connectivity index (χ3n) is 4.76. The van der Waals surface area contributed by atoms with E-state index in [1.807, 2.05) is 24.3 Å². The van der Waals surface area contributed by atoms with Gasteiger partial charge in [0.05, 0.1) is 7.11 Å². The topological polar surface area (TPSA) is 90.7 Å². The monoisotopic (exact) mass is 349 g/mol. The van der Waals surface area contributed by atoms with Crippen molar-refractivity contribution in [2.24, 2.45) is 16.5 Å². The van der Waals surface area contributed by atoms with E-state index in [1.165, 1.54) is 16.7 Å². The van der Waals surface area contributed by atoms with E-state index in [2.05, 4.69) is 24.9 Å². The van der Waals surface area contributed by atoms with E-state index in [0.29, 0.717) is 5.56 Å². The summed E-state index contributed by atoms with van der Waals surface area (Å²) in [5.74, 6) is 0.171. The van der Waals surface area contributed by atoms with E-state index in [4.69, 9.17) is 16.2 Å². The number of allylic oxidation sites excluding steroid dienone is 1. The molecule has 1 aliphatic carbocycles. The van der Waals surface area contributed by atoms with Crippen LogP contribution < -0.4 is 16.2 Å². The molecule has 0 radical (unpaired) electrons. The highest BCUT2D eigenvalue weighted by Gasteiger charge is 2.21. The Morgan fingerprint density at radius 3 is 2.46 bits per heavy atom. The number of aliphatic imine (C=N–C) groups is 1. The van der Waals surface area contributed by atoms with Crippen LogP contribution in [-0.4, -0.2) is 19.0 Å². The van der Waals surface area contributed by atoms with Crippen LogP contribution in [0.15, 0.2) is 47.0 Å². The van der Waals surface area contributed by atoms with Gasteiger partial charge in [-0.2, -0.15) is 4.99 Å². The first kappa shape index (κ1) is 17.7. The summed E-state index contributed by atoms with van der Waals surface area (Å²) < 4.78 is 5.32. The second-order valence-electron chi connectivity index (χ2n) is 6.55. The average Bonchev–Trinajstić information content (AvgIpc) is 2.61. The number of nitrogens with two attached hydrogens (primary N) is 2. The Hall–Kier alpha value is -3.08. The Labute approximate surface area is 153 Å². The van der Waals surface area contributed by atoms with Crippen molar-refractivity contribution in [3.05, 3.63) is 69.8 Å². The maximum atomic E-state index is 12.2. The van der Waals surface area contributed by atoms with Gasteiger partial charge in [0.15, 0.2) is 5.96 Å². The van der Waals surface area contributed by atoms with Crippen LogP contribution in [0.5, 0.6) is 5.75 Å². The fourth-order valence-electron chi connectivity index (χ4n) is 3.44. The summed E-state index contributed by atoms with van der Waals surface area (Å²) in [5.41, 5.74) is 18.2. The van der Waals surface area contributed by atoms with Gasteiger partial charge in [-0.05, 0) is 78.8 Å². The van der Waals surface area contributed by atoms with Crippen molar-refractivity contribution in [3.63, 3.8) is 0 Å². The Balaban J connectivity index is 2.14. The van der Waals surface area contributed by atoms with Gasteiger partial charge in [-0.25, -0.2) is 0 Å².